The van der Waals surface area contributed by atoms with Crippen LogP contribution in [0.1, 0.15) is 29.7 Å². The molecule has 0 bridgehead atoms. The van der Waals surface area contributed by atoms with Crippen LogP contribution >= 0.6 is 15.9 Å². The van der Waals surface area contributed by atoms with Gasteiger partial charge in [0.2, 0.25) is 5.43 Å². The number of fused-ring (bicyclic) bond motifs is 1. The van der Waals surface area contributed by atoms with Gasteiger partial charge < -0.3 is 9.30 Å². The average molecular weight is 390 g/mol. The smallest absolute Gasteiger partial charge is 0.343 e. The highest BCUT2D eigenvalue weighted by Gasteiger charge is 2.40. The van der Waals surface area contributed by atoms with Crippen molar-refractivity contribution in [3.05, 3.63) is 44.2 Å². The van der Waals surface area contributed by atoms with E-state index >= 15 is 0 Å². The van der Waals surface area contributed by atoms with Gasteiger partial charge in [-0.05, 0) is 28.9 Å². The molecule has 0 aliphatic heterocycles. The fraction of sp³-hybridized carbons (Fsp3) is 0.333. The molecule has 0 spiro atoms. The van der Waals surface area contributed by atoms with E-state index in [0.717, 1.165) is 6.20 Å². The Labute approximate surface area is 137 Å². The number of aromatic nitrogens is 1. The van der Waals surface area contributed by atoms with Crippen molar-refractivity contribution < 1.29 is 22.7 Å². The number of alkyl halides is 1. The molecule has 2 aromatic rings. The summed E-state index contributed by atoms with van der Waals surface area (Å²) in [6.45, 7) is 1.62. The molecule has 1 heterocycles. The van der Waals surface area contributed by atoms with E-state index in [1.165, 1.54) is 4.57 Å². The SMILES string of the molecule is CCOC(=O)c1cn(C2CC2F)c2c(Br)c(F)c(F)cc2c1=O. The Hall–Kier alpha value is -1.83. The summed E-state index contributed by atoms with van der Waals surface area (Å²) in [5, 5.41) is -0.208. The summed E-state index contributed by atoms with van der Waals surface area (Å²) in [6.07, 6.45) is 0.150. The lowest BCUT2D eigenvalue weighted by Gasteiger charge is -2.14. The predicted octanol–water partition coefficient (Wildman–Crippen LogP) is 3.50. The van der Waals surface area contributed by atoms with Gasteiger partial charge in [-0.1, -0.05) is 0 Å². The first kappa shape index (κ1) is 16.0. The van der Waals surface area contributed by atoms with Crippen LogP contribution in [0.4, 0.5) is 13.2 Å². The molecule has 2 unspecified atom stereocenters. The number of hydrogen-bond donors (Lipinski definition) is 0. The molecular weight excluding hydrogens is 379 g/mol. The quantitative estimate of drug-likeness (QED) is 0.596. The molecule has 0 saturated heterocycles. The standard InChI is InChI=1S/C15H11BrF3NO3/c1-2-23-15(22)7-5-20(10-4-8(10)17)13-6(14(7)21)3-9(18)12(19)11(13)16/h3,5,8,10H,2,4H2,1H3. The number of pyridine rings is 1. The number of hydrogen-bond acceptors (Lipinski definition) is 3. The van der Waals surface area contributed by atoms with Crippen molar-refractivity contribution in [1.29, 1.82) is 0 Å². The lowest BCUT2D eigenvalue weighted by Crippen LogP contribution is -2.21. The maximum Gasteiger partial charge on any atom is 0.343 e. The lowest BCUT2D eigenvalue weighted by molar-refractivity contribution is 0.0524. The monoisotopic (exact) mass is 389 g/mol. The fourth-order valence-corrected chi connectivity index (χ4v) is 3.08. The van der Waals surface area contributed by atoms with Crippen molar-refractivity contribution in [2.75, 3.05) is 6.61 Å². The molecule has 8 heteroatoms. The van der Waals surface area contributed by atoms with E-state index in [1.807, 2.05) is 0 Å². The second-order valence-corrected chi connectivity index (χ2v) is 5.99. The maximum absolute atomic E-state index is 13.8. The van der Waals surface area contributed by atoms with E-state index in [1.54, 1.807) is 6.92 Å². The molecule has 1 aromatic carbocycles. The van der Waals surface area contributed by atoms with Crippen LogP contribution in [0, 0.1) is 11.6 Å². The average Bonchev–Trinajstić information content (AvgIpc) is 3.23. The highest BCUT2D eigenvalue weighted by atomic mass is 79.9. The molecule has 1 fully saturated rings. The van der Waals surface area contributed by atoms with Gasteiger partial charge in [-0.25, -0.2) is 18.0 Å². The molecular formula is C15H11BrF3NO3. The topological polar surface area (TPSA) is 48.3 Å². The van der Waals surface area contributed by atoms with Gasteiger partial charge in [0.25, 0.3) is 0 Å². The molecule has 1 aliphatic carbocycles. The summed E-state index contributed by atoms with van der Waals surface area (Å²) in [6, 6.07) is 0.0829. The highest BCUT2D eigenvalue weighted by Crippen LogP contribution is 2.42. The van der Waals surface area contributed by atoms with Gasteiger partial charge >= 0.3 is 5.97 Å². The van der Waals surface area contributed by atoms with Gasteiger partial charge in [0, 0.05) is 12.6 Å². The van der Waals surface area contributed by atoms with Crippen LogP contribution in [-0.4, -0.2) is 23.3 Å². The number of nitrogens with zero attached hydrogens (tertiary/aromatic N) is 1. The minimum Gasteiger partial charge on any atom is -0.462 e. The van der Waals surface area contributed by atoms with Gasteiger partial charge in [-0.15, -0.1) is 0 Å². The number of carbonyl (C=O) groups is 1. The Kier molecular flexibility index (Phi) is 3.95. The van der Waals surface area contributed by atoms with E-state index in [9.17, 15) is 22.8 Å². The Morgan fingerprint density at radius 1 is 1.48 bits per heavy atom. The zero-order valence-electron chi connectivity index (χ0n) is 11.9. The summed E-state index contributed by atoms with van der Waals surface area (Å²) in [5.41, 5.74) is -1.10. The van der Waals surface area contributed by atoms with Crippen LogP contribution in [0.3, 0.4) is 0 Å². The number of benzene rings is 1. The van der Waals surface area contributed by atoms with Crippen LogP contribution in [0.2, 0.25) is 0 Å². The second kappa shape index (κ2) is 5.67. The van der Waals surface area contributed by atoms with E-state index in [-0.39, 0.29) is 34.0 Å². The van der Waals surface area contributed by atoms with Crippen molar-refractivity contribution >= 4 is 32.8 Å². The molecule has 0 amide bonds. The van der Waals surface area contributed by atoms with Crippen molar-refractivity contribution in [3.8, 4) is 0 Å². The fourth-order valence-electron chi connectivity index (χ4n) is 2.47. The third-order valence-electron chi connectivity index (χ3n) is 3.69. The van der Waals surface area contributed by atoms with E-state index in [4.69, 9.17) is 4.74 Å². The van der Waals surface area contributed by atoms with Gasteiger partial charge in [0.1, 0.15) is 11.7 Å². The number of halogens is 4. The zero-order valence-corrected chi connectivity index (χ0v) is 13.5. The van der Waals surface area contributed by atoms with E-state index < -0.39 is 35.2 Å². The Bertz CT molecular complexity index is 881. The number of carbonyl (C=O) groups excluding carboxylic acids is 1. The summed E-state index contributed by atoms with van der Waals surface area (Å²) in [4.78, 5) is 24.3. The molecule has 4 nitrogen and oxygen atoms in total. The normalized spacial score (nSPS) is 19.9. The van der Waals surface area contributed by atoms with Crippen molar-refractivity contribution in [1.82, 2.24) is 4.57 Å². The van der Waals surface area contributed by atoms with Crippen molar-refractivity contribution in [2.45, 2.75) is 25.6 Å². The van der Waals surface area contributed by atoms with Crippen LogP contribution in [0.5, 0.6) is 0 Å². The zero-order chi connectivity index (χ0) is 16.9. The largest absolute Gasteiger partial charge is 0.462 e. The lowest BCUT2D eigenvalue weighted by atomic mass is 10.1. The van der Waals surface area contributed by atoms with Crippen LogP contribution in [0.25, 0.3) is 10.9 Å². The summed E-state index contributed by atoms with van der Waals surface area (Å²) in [5.74, 6) is -3.29. The van der Waals surface area contributed by atoms with Gasteiger partial charge in [0.05, 0.1) is 28.0 Å². The Morgan fingerprint density at radius 3 is 2.70 bits per heavy atom. The number of esters is 1. The molecule has 122 valence electrons. The number of rotatable bonds is 3. The number of ether oxygens (including phenoxy) is 1. The van der Waals surface area contributed by atoms with E-state index in [2.05, 4.69) is 15.9 Å². The summed E-state index contributed by atoms with van der Waals surface area (Å²) in [7, 11) is 0. The molecule has 0 radical (unpaired) electrons. The maximum atomic E-state index is 13.8. The van der Waals surface area contributed by atoms with E-state index in [0.29, 0.717) is 6.07 Å². The molecule has 1 saturated carbocycles. The second-order valence-electron chi connectivity index (χ2n) is 5.20. The third kappa shape index (κ3) is 2.54. The molecule has 2 atom stereocenters. The molecule has 0 N–H and O–H groups in total. The molecule has 3 rings (SSSR count). The van der Waals surface area contributed by atoms with Gasteiger partial charge in [-0.2, -0.15) is 0 Å². The minimum atomic E-state index is -1.23. The molecule has 23 heavy (non-hydrogen) atoms. The van der Waals surface area contributed by atoms with Crippen LogP contribution in [-0.2, 0) is 4.74 Å². The van der Waals surface area contributed by atoms with Gasteiger partial charge in [-0.3, -0.25) is 4.79 Å². The molecule has 1 aromatic heterocycles. The first-order valence-corrected chi connectivity index (χ1v) is 7.69. The summed E-state index contributed by atoms with van der Waals surface area (Å²) < 4.78 is 46.8. The highest BCUT2D eigenvalue weighted by molar-refractivity contribution is 9.10. The first-order valence-electron chi connectivity index (χ1n) is 6.90. The van der Waals surface area contributed by atoms with Crippen molar-refractivity contribution in [3.63, 3.8) is 0 Å². The summed E-state index contributed by atoms with van der Waals surface area (Å²) >= 11 is 2.91. The van der Waals surface area contributed by atoms with Crippen LogP contribution in [0.15, 0.2) is 21.5 Å². The molecule has 1 aliphatic rings. The van der Waals surface area contributed by atoms with Crippen molar-refractivity contribution in [2.24, 2.45) is 0 Å². The van der Waals surface area contributed by atoms with Gasteiger partial charge in [0.15, 0.2) is 11.6 Å². The minimum absolute atomic E-state index is 0.0205. The Balaban J connectivity index is 2.38. The third-order valence-corrected chi connectivity index (χ3v) is 4.41. The Morgan fingerprint density at radius 2 is 2.13 bits per heavy atom. The van der Waals surface area contributed by atoms with Crippen LogP contribution < -0.4 is 5.43 Å². The predicted molar refractivity (Wildman–Crippen MR) is 80.3 cm³/mol. The first-order chi connectivity index (χ1) is 10.9.